The summed E-state index contributed by atoms with van der Waals surface area (Å²) in [5.74, 6) is -2.55. The summed E-state index contributed by atoms with van der Waals surface area (Å²) in [5, 5.41) is 4.90. The molecule has 132 valence electrons. The van der Waals surface area contributed by atoms with Crippen LogP contribution in [0.1, 0.15) is 19.5 Å². The highest BCUT2D eigenvalue weighted by atomic mass is 35.5. The molecule has 0 bridgehead atoms. The number of aromatic nitrogens is 4. The van der Waals surface area contributed by atoms with Crippen molar-refractivity contribution in [2.75, 3.05) is 5.75 Å². The lowest BCUT2D eigenvalue weighted by atomic mass is 10.2. The molecule has 0 aliphatic heterocycles. The van der Waals surface area contributed by atoms with Crippen molar-refractivity contribution in [1.82, 2.24) is 19.7 Å². The number of hydrogen-bond acceptors (Lipinski definition) is 4. The molecule has 1 unspecified atom stereocenters. The Kier molecular flexibility index (Phi) is 4.89. The van der Waals surface area contributed by atoms with Gasteiger partial charge in [-0.25, -0.2) is 4.98 Å². The van der Waals surface area contributed by atoms with Crippen molar-refractivity contribution < 1.29 is 13.3 Å². The lowest BCUT2D eigenvalue weighted by molar-refractivity contribution is 0.0129. The van der Waals surface area contributed by atoms with E-state index in [9.17, 15) is 13.3 Å². The van der Waals surface area contributed by atoms with Gasteiger partial charge in [0.05, 0.1) is 10.9 Å². The summed E-state index contributed by atoms with van der Waals surface area (Å²) in [4.78, 5) is 8.30. The summed E-state index contributed by atoms with van der Waals surface area (Å²) >= 11 is 10.9. The van der Waals surface area contributed by atoms with E-state index in [1.807, 2.05) is 0 Å². The predicted molar refractivity (Wildman–Crippen MR) is 93.2 cm³/mol. The fraction of sp³-hybridized carbons (Fsp3) is 0.267. The van der Waals surface area contributed by atoms with Gasteiger partial charge in [-0.05, 0) is 30.2 Å². The Bertz CT molecular complexity index is 945. The van der Waals surface area contributed by atoms with E-state index < -0.39 is 22.8 Å². The van der Waals surface area contributed by atoms with Gasteiger partial charge in [0.25, 0.3) is 5.92 Å². The minimum atomic E-state index is -3.10. The van der Waals surface area contributed by atoms with Crippen LogP contribution in [0, 0.1) is 0 Å². The molecule has 0 N–H and O–H groups in total. The Balaban J connectivity index is 2.23. The van der Waals surface area contributed by atoms with Crippen LogP contribution in [0.5, 0.6) is 0 Å². The molecule has 0 aromatic carbocycles. The van der Waals surface area contributed by atoms with Gasteiger partial charge in [0.2, 0.25) is 5.82 Å². The molecule has 0 fully saturated rings. The van der Waals surface area contributed by atoms with E-state index in [1.165, 1.54) is 23.0 Å². The largest absolute Gasteiger partial charge is 0.611 e. The highest BCUT2D eigenvalue weighted by Gasteiger charge is 2.28. The molecule has 0 aliphatic rings. The Morgan fingerprint density at radius 3 is 2.68 bits per heavy atom. The highest BCUT2D eigenvalue weighted by molar-refractivity contribution is 7.91. The summed E-state index contributed by atoms with van der Waals surface area (Å²) in [7, 11) is 0. The monoisotopic (exact) mass is 404 g/mol. The topological polar surface area (TPSA) is 66.7 Å². The molecule has 0 aliphatic carbocycles. The Morgan fingerprint density at radius 2 is 2.04 bits per heavy atom. The van der Waals surface area contributed by atoms with E-state index >= 15 is 0 Å². The van der Waals surface area contributed by atoms with Gasteiger partial charge in [0.15, 0.2) is 4.90 Å². The Hall–Kier alpha value is -1.48. The molecule has 3 rings (SSSR count). The first kappa shape index (κ1) is 18.3. The van der Waals surface area contributed by atoms with Gasteiger partial charge in [-0.1, -0.05) is 23.2 Å². The van der Waals surface area contributed by atoms with Crippen LogP contribution in [0.3, 0.4) is 0 Å². The SMILES string of the molecule is CC[S+]([O-])c1ccc(Cl)nc1-n1nc2cc(C(C)(F)F)ncc2c1Cl. The van der Waals surface area contributed by atoms with Crippen LogP contribution in [0.4, 0.5) is 8.78 Å². The van der Waals surface area contributed by atoms with Gasteiger partial charge in [-0.15, -0.1) is 0 Å². The first-order valence-corrected chi connectivity index (χ1v) is 9.27. The second-order valence-electron chi connectivity index (χ2n) is 5.27. The quantitative estimate of drug-likeness (QED) is 0.478. The number of rotatable bonds is 4. The number of fused-ring (bicyclic) bond motifs is 1. The fourth-order valence-corrected chi connectivity index (χ4v) is 3.50. The van der Waals surface area contributed by atoms with E-state index in [-0.39, 0.29) is 21.6 Å². The zero-order valence-corrected chi connectivity index (χ0v) is 15.5. The molecule has 10 heteroatoms. The summed E-state index contributed by atoms with van der Waals surface area (Å²) < 4.78 is 40.5. The molecule has 0 saturated heterocycles. The molecular formula is C15H12Cl2F2N4OS. The van der Waals surface area contributed by atoms with Crippen LogP contribution in [0.25, 0.3) is 16.7 Å². The van der Waals surface area contributed by atoms with Gasteiger partial charge >= 0.3 is 0 Å². The summed E-state index contributed by atoms with van der Waals surface area (Å²) in [6.07, 6.45) is 1.23. The average Bonchev–Trinajstić information content (AvgIpc) is 2.89. The van der Waals surface area contributed by atoms with Gasteiger partial charge in [-0.2, -0.15) is 18.6 Å². The minimum Gasteiger partial charge on any atom is -0.611 e. The van der Waals surface area contributed by atoms with Gasteiger partial charge in [0, 0.05) is 19.2 Å². The molecule has 3 aromatic rings. The smallest absolute Gasteiger partial charge is 0.287 e. The third-order valence-corrected chi connectivity index (χ3v) is 5.37. The first-order valence-electron chi connectivity index (χ1n) is 7.20. The van der Waals surface area contributed by atoms with Crippen molar-refractivity contribution >= 4 is 45.3 Å². The van der Waals surface area contributed by atoms with Crippen LogP contribution in [-0.4, -0.2) is 30.1 Å². The second kappa shape index (κ2) is 6.68. The van der Waals surface area contributed by atoms with Gasteiger partial charge in [-0.3, -0.25) is 4.98 Å². The molecule has 0 radical (unpaired) electrons. The molecule has 25 heavy (non-hydrogen) atoms. The molecular weight excluding hydrogens is 393 g/mol. The number of halogens is 4. The first-order chi connectivity index (χ1) is 11.7. The lowest BCUT2D eigenvalue weighted by Crippen LogP contribution is -2.11. The van der Waals surface area contributed by atoms with E-state index in [1.54, 1.807) is 13.0 Å². The van der Waals surface area contributed by atoms with E-state index in [0.29, 0.717) is 16.0 Å². The van der Waals surface area contributed by atoms with Crippen LogP contribution >= 0.6 is 23.2 Å². The molecule has 3 heterocycles. The molecule has 0 amide bonds. The van der Waals surface area contributed by atoms with Gasteiger partial charge in [0.1, 0.15) is 21.8 Å². The lowest BCUT2D eigenvalue weighted by Gasteiger charge is -2.12. The Labute approximate surface area is 155 Å². The molecule has 0 saturated carbocycles. The van der Waals surface area contributed by atoms with Crippen LogP contribution in [0.2, 0.25) is 10.3 Å². The molecule has 1 atom stereocenters. The van der Waals surface area contributed by atoms with Gasteiger partial charge < -0.3 is 4.55 Å². The van der Waals surface area contributed by atoms with Crippen molar-refractivity contribution in [2.24, 2.45) is 0 Å². The Morgan fingerprint density at radius 1 is 1.32 bits per heavy atom. The fourth-order valence-electron chi connectivity index (χ4n) is 2.23. The highest BCUT2D eigenvalue weighted by Crippen LogP contribution is 2.32. The van der Waals surface area contributed by atoms with Crippen LogP contribution < -0.4 is 0 Å². The number of hydrogen-bond donors (Lipinski definition) is 0. The second-order valence-corrected chi connectivity index (χ2v) is 7.72. The summed E-state index contributed by atoms with van der Waals surface area (Å²) in [5.41, 5.74) is -0.191. The zero-order chi connectivity index (χ0) is 18.4. The van der Waals surface area contributed by atoms with Crippen LogP contribution in [0.15, 0.2) is 29.3 Å². The minimum absolute atomic E-state index is 0.123. The maximum atomic E-state index is 13.5. The normalized spacial score (nSPS) is 13.4. The molecule has 0 spiro atoms. The van der Waals surface area contributed by atoms with Crippen molar-refractivity contribution in [2.45, 2.75) is 24.7 Å². The standard InChI is InChI=1S/C15H12Cl2F2N4OS/c1-3-25(24)10-4-5-12(16)21-14(10)23-13(17)8-7-20-11(15(2,18)19)6-9(8)22-23/h4-7H,3H2,1-2H3. The molecule has 5 nitrogen and oxygen atoms in total. The van der Waals surface area contributed by atoms with E-state index in [2.05, 4.69) is 15.1 Å². The zero-order valence-electron chi connectivity index (χ0n) is 13.1. The molecule has 3 aromatic heterocycles. The maximum absolute atomic E-state index is 13.5. The maximum Gasteiger partial charge on any atom is 0.287 e. The van der Waals surface area contributed by atoms with Crippen molar-refractivity contribution in [3.05, 3.63) is 40.4 Å². The number of pyridine rings is 2. The summed E-state index contributed by atoms with van der Waals surface area (Å²) in [6, 6.07) is 4.26. The average molecular weight is 405 g/mol. The number of alkyl halides is 2. The number of nitrogens with zero attached hydrogens (tertiary/aromatic N) is 4. The van der Waals surface area contributed by atoms with Crippen LogP contribution in [-0.2, 0) is 17.1 Å². The third kappa shape index (κ3) is 3.44. The van der Waals surface area contributed by atoms with Crippen molar-refractivity contribution in [1.29, 1.82) is 0 Å². The third-order valence-electron chi connectivity index (χ3n) is 3.46. The van der Waals surface area contributed by atoms with E-state index in [0.717, 1.165) is 6.92 Å². The predicted octanol–water partition coefficient (Wildman–Crippen LogP) is 4.36. The summed E-state index contributed by atoms with van der Waals surface area (Å²) in [6.45, 7) is 2.51. The van der Waals surface area contributed by atoms with E-state index in [4.69, 9.17) is 23.2 Å². The van der Waals surface area contributed by atoms with Crippen molar-refractivity contribution in [3.63, 3.8) is 0 Å². The van der Waals surface area contributed by atoms with Crippen molar-refractivity contribution in [3.8, 4) is 5.82 Å².